The Bertz CT molecular complexity index is 1190. The summed E-state index contributed by atoms with van der Waals surface area (Å²) in [6.07, 6.45) is 0. The van der Waals surface area contributed by atoms with Gasteiger partial charge in [-0.05, 0) is 52.2 Å². The maximum absolute atomic E-state index is 4.88. The first-order valence-electron chi connectivity index (χ1n) is 7.20. The van der Waals surface area contributed by atoms with Crippen molar-refractivity contribution in [1.82, 2.24) is 9.38 Å². The van der Waals surface area contributed by atoms with E-state index in [0.717, 1.165) is 16.7 Å². The Morgan fingerprint density at radius 1 is 0.727 bits per heavy atom. The van der Waals surface area contributed by atoms with Crippen LogP contribution in [-0.4, -0.2) is 9.38 Å². The summed E-state index contributed by atoms with van der Waals surface area (Å²) in [5, 5.41) is 3.73. The maximum Gasteiger partial charge on any atom is 0.146 e. The van der Waals surface area contributed by atoms with Crippen molar-refractivity contribution in [2.45, 2.75) is 0 Å². The van der Waals surface area contributed by atoms with Crippen LogP contribution < -0.4 is 0 Å². The molecule has 2 nitrogen and oxygen atoms in total. The minimum atomic E-state index is 1.03. The van der Waals surface area contributed by atoms with Crippen molar-refractivity contribution in [3.05, 3.63) is 70.3 Å². The smallest absolute Gasteiger partial charge is 0.146 e. The van der Waals surface area contributed by atoms with Crippen molar-refractivity contribution >= 4 is 60.9 Å². The summed E-state index contributed by atoms with van der Waals surface area (Å²) in [4.78, 5) is 4.88. The number of imidazole rings is 1. The number of hydrogen-bond donors (Lipinski definition) is 0. The lowest BCUT2D eigenvalue weighted by Crippen LogP contribution is -1.91. The Morgan fingerprint density at radius 2 is 1.50 bits per heavy atom. The molecule has 104 valence electrons. The molecule has 5 aromatic rings. The van der Waals surface area contributed by atoms with E-state index >= 15 is 0 Å². The topological polar surface area (TPSA) is 17.3 Å². The molecule has 0 saturated carbocycles. The number of hydrogen-bond acceptors (Lipinski definition) is 1. The Balaban J connectivity index is 2.23. The fraction of sp³-hybridized carbons (Fsp3) is 0. The lowest BCUT2D eigenvalue weighted by Gasteiger charge is -2.09. The molecule has 2 heterocycles. The molecule has 0 bridgehead atoms. The standard InChI is InChI=1S/C19H11IN2/c20-12-9-10-14-13-5-1-2-6-15(13)19-21-16-7-3-4-8-17(16)22(19)18(14)11-12/h1-11H. The van der Waals surface area contributed by atoms with E-state index in [2.05, 4.69) is 87.7 Å². The van der Waals surface area contributed by atoms with Crippen LogP contribution in [0.15, 0.2) is 66.7 Å². The number of para-hydroxylation sites is 2. The zero-order chi connectivity index (χ0) is 14.7. The maximum atomic E-state index is 4.88. The van der Waals surface area contributed by atoms with Crippen LogP contribution in [-0.2, 0) is 0 Å². The molecule has 0 N–H and O–H groups in total. The third-order valence-corrected chi connectivity index (χ3v) is 4.89. The van der Waals surface area contributed by atoms with Crippen LogP contribution in [0.25, 0.3) is 38.4 Å². The third kappa shape index (κ3) is 1.57. The molecule has 0 fully saturated rings. The SMILES string of the molecule is Ic1ccc2c3ccccc3c3nc4ccccc4n3c2c1. The predicted molar refractivity (Wildman–Crippen MR) is 100 cm³/mol. The van der Waals surface area contributed by atoms with Gasteiger partial charge in [-0.25, -0.2) is 4.98 Å². The molecule has 0 spiro atoms. The minimum Gasteiger partial charge on any atom is -0.292 e. The zero-order valence-electron chi connectivity index (χ0n) is 11.6. The van der Waals surface area contributed by atoms with Crippen molar-refractivity contribution < 1.29 is 0 Å². The van der Waals surface area contributed by atoms with E-state index in [1.54, 1.807) is 0 Å². The molecule has 22 heavy (non-hydrogen) atoms. The molecule has 0 aliphatic rings. The van der Waals surface area contributed by atoms with Crippen LogP contribution in [0, 0.1) is 3.57 Å². The summed E-state index contributed by atoms with van der Waals surface area (Å²) < 4.78 is 3.52. The van der Waals surface area contributed by atoms with E-state index in [1.807, 2.05) is 6.07 Å². The fourth-order valence-corrected chi connectivity index (χ4v) is 3.76. The Hall–Kier alpha value is -2.14. The van der Waals surface area contributed by atoms with Gasteiger partial charge in [-0.2, -0.15) is 0 Å². The molecule has 0 aliphatic heterocycles. The van der Waals surface area contributed by atoms with Crippen molar-refractivity contribution in [1.29, 1.82) is 0 Å². The van der Waals surface area contributed by atoms with Crippen LogP contribution in [0.1, 0.15) is 0 Å². The number of benzene rings is 3. The second kappa shape index (κ2) is 4.43. The van der Waals surface area contributed by atoms with Gasteiger partial charge in [0.25, 0.3) is 0 Å². The average Bonchev–Trinajstić information content (AvgIpc) is 2.95. The second-order valence-corrected chi connectivity index (χ2v) is 6.71. The second-order valence-electron chi connectivity index (χ2n) is 5.47. The lowest BCUT2D eigenvalue weighted by molar-refractivity contribution is 1.31. The molecular weight excluding hydrogens is 383 g/mol. The summed E-state index contributed by atoms with van der Waals surface area (Å²) in [5.74, 6) is 0. The highest BCUT2D eigenvalue weighted by Crippen LogP contribution is 2.32. The van der Waals surface area contributed by atoms with Gasteiger partial charge in [-0.1, -0.05) is 42.5 Å². The predicted octanol–water partition coefficient (Wildman–Crippen LogP) is 5.40. The number of fused-ring (bicyclic) bond motifs is 8. The van der Waals surface area contributed by atoms with Gasteiger partial charge in [0.1, 0.15) is 5.65 Å². The van der Waals surface area contributed by atoms with Gasteiger partial charge >= 0.3 is 0 Å². The summed E-state index contributed by atoms with van der Waals surface area (Å²) in [7, 11) is 0. The first-order valence-corrected chi connectivity index (χ1v) is 8.28. The average molecular weight is 394 g/mol. The molecule has 0 radical (unpaired) electrons. The van der Waals surface area contributed by atoms with Crippen LogP contribution in [0.3, 0.4) is 0 Å². The molecular formula is C19H11IN2. The first-order chi connectivity index (χ1) is 10.8. The van der Waals surface area contributed by atoms with E-state index in [1.165, 1.54) is 25.2 Å². The molecule has 3 aromatic carbocycles. The minimum absolute atomic E-state index is 1.03. The third-order valence-electron chi connectivity index (χ3n) is 4.22. The number of pyridine rings is 1. The van der Waals surface area contributed by atoms with Gasteiger partial charge < -0.3 is 0 Å². The largest absolute Gasteiger partial charge is 0.292 e. The normalized spacial score (nSPS) is 11.9. The van der Waals surface area contributed by atoms with Gasteiger partial charge in [0.2, 0.25) is 0 Å². The lowest BCUT2D eigenvalue weighted by atomic mass is 10.1. The van der Waals surface area contributed by atoms with E-state index in [-0.39, 0.29) is 0 Å². The summed E-state index contributed by atoms with van der Waals surface area (Å²) in [6, 6.07) is 23.5. The summed E-state index contributed by atoms with van der Waals surface area (Å²) in [6.45, 7) is 0. The zero-order valence-corrected chi connectivity index (χ0v) is 13.8. The van der Waals surface area contributed by atoms with Gasteiger partial charge in [-0.3, -0.25) is 4.40 Å². The van der Waals surface area contributed by atoms with E-state index in [9.17, 15) is 0 Å². The molecule has 0 amide bonds. The van der Waals surface area contributed by atoms with Gasteiger partial charge in [0.05, 0.1) is 16.6 Å². The van der Waals surface area contributed by atoms with Gasteiger partial charge in [0, 0.05) is 14.3 Å². The van der Waals surface area contributed by atoms with E-state index < -0.39 is 0 Å². The highest BCUT2D eigenvalue weighted by atomic mass is 127. The Kier molecular flexibility index (Phi) is 2.50. The molecule has 0 unspecified atom stereocenters. The Labute approximate surface area is 140 Å². The molecule has 0 aliphatic carbocycles. The Morgan fingerprint density at radius 3 is 2.41 bits per heavy atom. The number of nitrogens with zero attached hydrogens (tertiary/aromatic N) is 2. The van der Waals surface area contributed by atoms with Gasteiger partial charge in [0.15, 0.2) is 0 Å². The van der Waals surface area contributed by atoms with Crippen LogP contribution in [0.5, 0.6) is 0 Å². The monoisotopic (exact) mass is 394 g/mol. The van der Waals surface area contributed by atoms with Crippen molar-refractivity contribution in [2.24, 2.45) is 0 Å². The van der Waals surface area contributed by atoms with E-state index in [4.69, 9.17) is 4.98 Å². The quantitative estimate of drug-likeness (QED) is 0.254. The van der Waals surface area contributed by atoms with Crippen LogP contribution in [0.4, 0.5) is 0 Å². The fourth-order valence-electron chi connectivity index (χ4n) is 3.28. The van der Waals surface area contributed by atoms with Crippen LogP contribution >= 0.6 is 22.6 Å². The van der Waals surface area contributed by atoms with Crippen molar-refractivity contribution in [2.75, 3.05) is 0 Å². The highest BCUT2D eigenvalue weighted by molar-refractivity contribution is 14.1. The first kappa shape index (κ1) is 12.4. The van der Waals surface area contributed by atoms with Crippen LogP contribution in [0.2, 0.25) is 0 Å². The number of aromatic nitrogens is 2. The molecule has 3 heteroatoms. The molecule has 0 saturated heterocycles. The summed E-state index contributed by atoms with van der Waals surface area (Å²) in [5.41, 5.74) is 4.45. The number of rotatable bonds is 0. The molecule has 2 aromatic heterocycles. The van der Waals surface area contributed by atoms with Crippen molar-refractivity contribution in [3.8, 4) is 0 Å². The number of halogens is 1. The molecule has 0 atom stereocenters. The molecule has 5 rings (SSSR count). The van der Waals surface area contributed by atoms with Crippen molar-refractivity contribution in [3.63, 3.8) is 0 Å². The highest BCUT2D eigenvalue weighted by Gasteiger charge is 2.12. The van der Waals surface area contributed by atoms with E-state index in [0.29, 0.717) is 0 Å². The summed E-state index contributed by atoms with van der Waals surface area (Å²) >= 11 is 2.37. The van der Waals surface area contributed by atoms with Gasteiger partial charge in [-0.15, -0.1) is 0 Å².